The minimum absolute atomic E-state index is 0.0770. The molecule has 0 aliphatic carbocycles. The van der Waals surface area contributed by atoms with Crippen molar-refractivity contribution >= 4 is 27.5 Å². The van der Waals surface area contributed by atoms with Crippen molar-refractivity contribution in [2.45, 2.75) is 52.9 Å². The molecule has 2 aromatic carbocycles. The molecule has 2 amide bonds. The predicted molar refractivity (Wildman–Crippen MR) is 129 cm³/mol. The van der Waals surface area contributed by atoms with Crippen molar-refractivity contribution in [1.82, 2.24) is 10.0 Å². The number of amides is 2. The fourth-order valence-electron chi connectivity index (χ4n) is 3.62. The molecule has 33 heavy (non-hydrogen) atoms. The third-order valence-electron chi connectivity index (χ3n) is 5.92. The van der Waals surface area contributed by atoms with E-state index in [0.717, 1.165) is 22.3 Å². The van der Waals surface area contributed by atoms with Crippen molar-refractivity contribution in [1.29, 1.82) is 0 Å². The maximum Gasteiger partial charge on any atom is 0.243 e. The van der Waals surface area contributed by atoms with Gasteiger partial charge >= 0.3 is 0 Å². The summed E-state index contributed by atoms with van der Waals surface area (Å²) in [6.45, 7) is 10.9. The Kier molecular flexibility index (Phi) is 8.63. The van der Waals surface area contributed by atoms with Crippen LogP contribution in [0.4, 0.5) is 5.69 Å². The summed E-state index contributed by atoms with van der Waals surface area (Å²) in [6.07, 6.45) is -0.0950. The summed E-state index contributed by atoms with van der Waals surface area (Å²) >= 11 is 0. The number of carbonyl (C=O) groups is 2. The maximum atomic E-state index is 12.9. The first-order valence-electron chi connectivity index (χ1n) is 10.7. The molecular weight excluding hydrogens is 442 g/mol. The summed E-state index contributed by atoms with van der Waals surface area (Å²) in [5.41, 5.74) is 5.82. The number of aryl methyl sites for hydroxylation is 1. The Bertz CT molecular complexity index is 1140. The molecule has 0 atom stereocenters. The van der Waals surface area contributed by atoms with Crippen LogP contribution in [0.15, 0.2) is 23.1 Å². The monoisotopic (exact) mass is 475 g/mol. The van der Waals surface area contributed by atoms with E-state index in [4.69, 9.17) is 4.74 Å². The highest BCUT2D eigenvalue weighted by Gasteiger charge is 2.23. The molecule has 0 spiro atoms. The number of hydrogen-bond acceptors (Lipinski definition) is 5. The average Bonchev–Trinajstić information content (AvgIpc) is 2.75. The second-order valence-corrected chi connectivity index (χ2v) is 9.83. The van der Waals surface area contributed by atoms with E-state index < -0.39 is 21.8 Å². The quantitative estimate of drug-likeness (QED) is 0.516. The number of nitrogens with one attached hydrogen (secondary N) is 3. The molecule has 0 bridgehead atoms. The highest BCUT2D eigenvalue weighted by molar-refractivity contribution is 7.89. The van der Waals surface area contributed by atoms with Crippen molar-refractivity contribution < 1.29 is 22.7 Å². The van der Waals surface area contributed by atoms with Gasteiger partial charge in [0.25, 0.3) is 0 Å². The van der Waals surface area contributed by atoms with Crippen molar-refractivity contribution in [2.75, 3.05) is 25.5 Å². The fraction of sp³-hybridized carbons (Fsp3) is 0.417. The van der Waals surface area contributed by atoms with Gasteiger partial charge in [0, 0.05) is 13.0 Å². The van der Waals surface area contributed by atoms with Crippen molar-refractivity contribution in [2.24, 2.45) is 0 Å². The molecule has 0 saturated carbocycles. The van der Waals surface area contributed by atoms with Crippen LogP contribution in [-0.2, 0) is 19.6 Å². The van der Waals surface area contributed by atoms with Gasteiger partial charge in [-0.1, -0.05) is 6.07 Å². The normalized spacial score (nSPS) is 11.2. The summed E-state index contributed by atoms with van der Waals surface area (Å²) in [7, 11) is -2.28. The molecule has 0 unspecified atom stereocenters. The van der Waals surface area contributed by atoms with Gasteiger partial charge in [0.2, 0.25) is 21.8 Å². The van der Waals surface area contributed by atoms with Crippen LogP contribution in [0.3, 0.4) is 0 Å². The van der Waals surface area contributed by atoms with Gasteiger partial charge in [-0.15, -0.1) is 0 Å². The fourth-order valence-corrected chi connectivity index (χ4v) is 5.25. The summed E-state index contributed by atoms with van der Waals surface area (Å²) in [5.74, 6) is -0.333. The first kappa shape index (κ1) is 26.3. The van der Waals surface area contributed by atoms with E-state index in [1.54, 1.807) is 26.0 Å². The Hall–Kier alpha value is -2.91. The molecular formula is C24H33N3O5S. The molecule has 0 aromatic heterocycles. The van der Waals surface area contributed by atoms with E-state index >= 15 is 0 Å². The number of ether oxygens (including phenoxy) is 1. The standard InChI is InChI=1S/C24H33N3O5S/c1-14-8-9-21(32-7)20(12-14)27-23(29)13-25-22(28)10-11-26-33(30,31)24-18(5)16(3)15(2)17(4)19(24)6/h8-9,12,26H,10-11,13H2,1-7H3,(H,25,28)(H,27,29). The molecule has 2 rings (SSSR count). The lowest BCUT2D eigenvalue weighted by molar-refractivity contribution is -0.124. The van der Waals surface area contributed by atoms with Gasteiger partial charge in [-0.25, -0.2) is 13.1 Å². The Balaban J connectivity index is 1.92. The Labute approximate surface area is 196 Å². The maximum absolute atomic E-state index is 12.9. The van der Waals surface area contributed by atoms with Gasteiger partial charge < -0.3 is 15.4 Å². The van der Waals surface area contributed by atoms with E-state index in [1.165, 1.54) is 7.11 Å². The molecule has 0 fully saturated rings. The van der Waals surface area contributed by atoms with Crippen LogP contribution < -0.4 is 20.1 Å². The third kappa shape index (κ3) is 6.33. The van der Waals surface area contributed by atoms with E-state index in [0.29, 0.717) is 22.6 Å². The molecule has 0 aliphatic rings. The van der Waals surface area contributed by atoms with Crippen LogP contribution in [0, 0.1) is 41.5 Å². The number of methoxy groups -OCH3 is 1. The van der Waals surface area contributed by atoms with Gasteiger partial charge in [0.05, 0.1) is 24.2 Å². The first-order chi connectivity index (χ1) is 15.4. The lowest BCUT2D eigenvalue weighted by Crippen LogP contribution is -2.35. The SMILES string of the molecule is COc1ccc(C)cc1NC(=O)CNC(=O)CCNS(=O)(=O)c1c(C)c(C)c(C)c(C)c1C. The zero-order chi connectivity index (χ0) is 24.9. The zero-order valence-electron chi connectivity index (χ0n) is 20.3. The summed E-state index contributed by atoms with van der Waals surface area (Å²) < 4.78 is 33.5. The largest absolute Gasteiger partial charge is 0.495 e. The second-order valence-electron chi connectivity index (χ2n) is 8.13. The highest BCUT2D eigenvalue weighted by atomic mass is 32.2. The molecule has 0 saturated heterocycles. The van der Waals surface area contributed by atoms with Gasteiger partial charge in [-0.05, 0) is 87.1 Å². The van der Waals surface area contributed by atoms with Crippen LogP contribution in [-0.4, -0.2) is 40.4 Å². The number of carbonyl (C=O) groups excluding carboxylic acids is 2. The number of sulfonamides is 1. The number of benzene rings is 2. The molecule has 9 heteroatoms. The molecule has 180 valence electrons. The predicted octanol–water partition coefficient (Wildman–Crippen LogP) is 2.97. The topological polar surface area (TPSA) is 114 Å². The lowest BCUT2D eigenvalue weighted by atomic mass is 9.95. The lowest BCUT2D eigenvalue weighted by Gasteiger charge is -2.19. The minimum Gasteiger partial charge on any atom is -0.495 e. The van der Waals surface area contributed by atoms with E-state index in [9.17, 15) is 18.0 Å². The minimum atomic E-state index is -3.79. The third-order valence-corrected chi connectivity index (χ3v) is 7.65. The van der Waals surface area contributed by atoms with Crippen LogP contribution in [0.5, 0.6) is 5.75 Å². The van der Waals surface area contributed by atoms with E-state index in [1.807, 2.05) is 33.8 Å². The Morgan fingerprint density at radius 3 is 2.03 bits per heavy atom. The summed E-state index contributed by atoms with van der Waals surface area (Å²) in [6, 6.07) is 5.38. The van der Waals surface area contributed by atoms with Crippen molar-refractivity contribution in [3.63, 3.8) is 0 Å². The zero-order valence-corrected chi connectivity index (χ0v) is 21.1. The summed E-state index contributed by atoms with van der Waals surface area (Å²) in [5, 5.41) is 5.20. The molecule has 2 aromatic rings. The van der Waals surface area contributed by atoms with Crippen LogP contribution in [0.1, 0.15) is 39.8 Å². The molecule has 0 heterocycles. The van der Waals surface area contributed by atoms with Crippen molar-refractivity contribution in [3.8, 4) is 5.75 Å². The number of rotatable bonds is 9. The van der Waals surface area contributed by atoms with Gasteiger partial charge in [0.1, 0.15) is 5.75 Å². The van der Waals surface area contributed by atoms with Gasteiger partial charge in [-0.3, -0.25) is 9.59 Å². The van der Waals surface area contributed by atoms with E-state index in [2.05, 4.69) is 15.4 Å². The average molecular weight is 476 g/mol. The van der Waals surface area contributed by atoms with Crippen LogP contribution >= 0.6 is 0 Å². The van der Waals surface area contributed by atoms with Gasteiger partial charge in [0.15, 0.2) is 0 Å². The van der Waals surface area contributed by atoms with Crippen LogP contribution in [0.25, 0.3) is 0 Å². The highest BCUT2D eigenvalue weighted by Crippen LogP contribution is 2.29. The number of hydrogen-bond donors (Lipinski definition) is 3. The van der Waals surface area contributed by atoms with E-state index in [-0.39, 0.29) is 24.4 Å². The molecule has 0 aliphatic heterocycles. The second kappa shape index (κ2) is 10.8. The first-order valence-corrected chi connectivity index (χ1v) is 12.1. The molecule has 0 radical (unpaired) electrons. The Morgan fingerprint density at radius 2 is 1.45 bits per heavy atom. The van der Waals surface area contributed by atoms with Gasteiger partial charge in [-0.2, -0.15) is 0 Å². The Morgan fingerprint density at radius 1 is 0.879 bits per heavy atom. The number of anilines is 1. The van der Waals surface area contributed by atoms with Crippen molar-refractivity contribution in [3.05, 3.63) is 51.6 Å². The summed E-state index contributed by atoms with van der Waals surface area (Å²) in [4.78, 5) is 24.6. The molecule has 3 N–H and O–H groups in total. The molecule has 8 nitrogen and oxygen atoms in total. The van der Waals surface area contributed by atoms with Crippen LogP contribution in [0.2, 0.25) is 0 Å². The smallest absolute Gasteiger partial charge is 0.243 e.